The lowest BCUT2D eigenvalue weighted by atomic mass is 10.4. The van der Waals surface area contributed by atoms with Crippen molar-refractivity contribution in [1.29, 1.82) is 0 Å². The van der Waals surface area contributed by atoms with Gasteiger partial charge in [0.2, 0.25) is 5.65 Å². The van der Waals surface area contributed by atoms with Crippen LogP contribution < -0.4 is 5.73 Å². The van der Waals surface area contributed by atoms with Crippen molar-refractivity contribution in [2.45, 2.75) is 13.1 Å². The van der Waals surface area contributed by atoms with Crippen LogP contribution in [0.25, 0.3) is 5.65 Å². The van der Waals surface area contributed by atoms with Gasteiger partial charge in [0, 0.05) is 12.6 Å². The van der Waals surface area contributed by atoms with Crippen molar-refractivity contribution >= 4 is 11.5 Å². The summed E-state index contributed by atoms with van der Waals surface area (Å²) < 4.78 is 2.92. The highest BCUT2D eigenvalue weighted by atomic mass is 16.6. The molecule has 0 unspecified atom stereocenters. The van der Waals surface area contributed by atoms with E-state index in [4.69, 9.17) is 5.73 Å². The van der Waals surface area contributed by atoms with Crippen LogP contribution in [-0.4, -0.2) is 29.3 Å². The van der Waals surface area contributed by atoms with E-state index in [2.05, 4.69) is 15.3 Å². The number of fused-ring (bicyclic) bond motifs is 1. The molecule has 3 rings (SSSR count). The standard InChI is InChI=1S/C11H11N7O2/c12-5-8-6-16(15-14-8)7-9-11(18(19)20)17-4-2-1-3-10(17)13-9/h1-4,6H,5,7,12H2. The van der Waals surface area contributed by atoms with Gasteiger partial charge in [-0.3, -0.25) is 0 Å². The highest BCUT2D eigenvalue weighted by molar-refractivity contribution is 5.48. The second-order valence-electron chi connectivity index (χ2n) is 4.18. The van der Waals surface area contributed by atoms with E-state index in [-0.39, 0.29) is 18.9 Å². The summed E-state index contributed by atoms with van der Waals surface area (Å²) in [7, 11) is 0. The molecule has 0 amide bonds. The van der Waals surface area contributed by atoms with Gasteiger partial charge in [-0.25, -0.2) is 9.67 Å². The Bertz CT molecular complexity index is 776. The first-order chi connectivity index (χ1) is 9.69. The molecule has 9 nitrogen and oxygen atoms in total. The summed E-state index contributed by atoms with van der Waals surface area (Å²) in [5.41, 5.74) is 6.92. The van der Waals surface area contributed by atoms with E-state index in [0.29, 0.717) is 17.0 Å². The van der Waals surface area contributed by atoms with Crippen LogP contribution in [0.15, 0.2) is 30.6 Å². The van der Waals surface area contributed by atoms with Gasteiger partial charge in [-0.15, -0.1) is 5.10 Å². The lowest BCUT2D eigenvalue weighted by Gasteiger charge is -1.98. The SMILES string of the molecule is NCc1cn(Cc2nc3ccccn3c2[N+](=O)[O-])nn1. The Morgan fingerprint density at radius 1 is 1.40 bits per heavy atom. The van der Waals surface area contributed by atoms with Gasteiger partial charge in [0.15, 0.2) is 5.69 Å². The van der Waals surface area contributed by atoms with Gasteiger partial charge in [-0.2, -0.15) is 4.40 Å². The average Bonchev–Trinajstić information content (AvgIpc) is 3.02. The number of imidazole rings is 1. The monoisotopic (exact) mass is 273 g/mol. The van der Waals surface area contributed by atoms with Gasteiger partial charge in [-0.1, -0.05) is 11.3 Å². The molecule has 0 aliphatic rings. The Labute approximate surface area is 112 Å². The van der Waals surface area contributed by atoms with Crippen LogP contribution in [0.5, 0.6) is 0 Å². The van der Waals surface area contributed by atoms with Crippen LogP contribution in [0.4, 0.5) is 5.82 Å². The van der Waals surface area contributed by atoms with E-state index in [9.17, 15) is 10.1 Å². The quantitative estimate of drug-likeness (QED) is 0.541. The van der Waals surface area contributed by atoms with Crippen molar-refractivity contribution in [3.05, 3.63) is 52.1 Å². The molecule has 20 heavy (non-hydrogen) atoms. The second kappa shape index (κ2) is 4.70. The highest BCUT2D eigenvalue weighted by Gasteiger charge is 2.22. The van der Waals surface area contributed by atoms with E-state index >= 15 is 0 Å². The van der Waals surface area contributed by atoms with E-state index in [1.807, 2.05) is 0 Å². The summed E-state index contributed by atoms with van der Waals surface area (Å²) in [5, 5.41) is 18.9. The topological polar surface area (TPSA) is 117 Å². The molecule has 0 aliphatic heterocycles. The fraction of sp³-hybridized carbons (Fsp3) is 0.182. The first kappa shape index (κ1) is 12.2. The minimum atomic E-state index is -0.448. The van der Waals surface area contributed by atoms with Crippen molar-refractivity contribution in [2.24, 2.45) is 5.73 Å². The molecule has 102 valence electrons. The largest absolute Gasteiger partial charge is 0.358 e. The zero-order chi connectivity index (χ0) is 14.1. The summed E-state index contributed by atoms with van der Waals surface area (Å²) in [6.07, 6.45) is 3.25. The molecule has 3 heterocycles. The minimum absolute atomic E-state index is 0.0644. The lowest BCUT2D eigenvalue weighted by molar-refractivity contribution is -0.391. The van der Waals surface area contributed by atoms with Crippen LogP contribution in [0, 0.1) is 10.1 Å². The number of hydrogen-bond acceptors (Lipinski definition) is 6. The Morgan fingerprint density at radius 2 is 2.25 bits per heavy atom. The van der Waals surface area contributed by atoms with E-state index < -0.39 is 4.92 Å². The lowest BCUT2D eigenvalue weighted by Crippen LogP contribution is -2.04. The van der Waals surface area contributed by atoms with Gasteiger partial charge in [-0.05, 0) is 11.0 Å². The molecular formula is C11H11N7O2. The van der Waals surface area contributed by atoms with Gasteiger partial charge in [0.05, 0.1) is 24.6 Å². The molecule has 0 saturated heterocycles. The Hall–Kier alpha value is -2.81. The third kappa shape index (κ3) is 1.99. The normalized spacial score (nSPS) is 11.1. The predicted octanol–water partition coefficient (Wildman–Crippen LogP) is 0.341. The van der Waals surface area contributed by atoms with Crippen molar-refractivity contribution in [3.8, 4) is 0 Å². The summed E-state index contributed by atoms with van der Waals surface area (Å²) in [6, 6.07) is 5.20. The Morgan fingerprint density at radius 3 is 2.95 bits per heavy atom. The van der Waals surface area contributed by atoms with Gasteiger partial charge in [0.25, 0.3) is 0 Å². The molecule has 0 fully saturated rings. The first-order valence-corrected chi connectivity index (χ1v) is 5.88. The van der Waals surface area contributed by atoms with Crippen LogP contribution in [0.1, 0.15) is 11.4 Å². The van der Waals surface area contributed by atoms with E-state index in [1.165, 1.54) is 9.08 Å². The molecule has 0 saturated carbocycles. The van der Waals surface area contributed by atoms with Crippen molar-refractivity contribution in [2.75, 3.05) is 0 Å². The van der Waals surface area contributed by atoms with Crippen LogP contribution in [0.3, 0.4) is 0 Å². The predicted molar refractivity (Wildman–Crippen MR) is 68.9 cm³/mol. The number of nitrogens with zero attached hydrogens (tertiary/aromatic N) is 6. The average molecular weight is 273 g/mol. The first-order valence-electron chi connectivity index (χ1n) is 5.88. The second-order valence-corrected chi connectivity index (χ2v) is 4.18. The minimum Gasteiger partial charge on any atom is -0.358 e. The van der Waals surface area contributed by atoms with Crippen molar-refractivity contribution in [3.63, 3.8) is 0 Å². The molecule has 3 aromatic rings. The van der Waals surface area contributed by atoms with Crippen LogP contribution in [-0.2, 0) is 13.1 Å². The zero-order valence-electron chi connectivity index (χ0n) is 10.4. The highest BCUT2D eigenvalue weighted by Crippen LogP contribution is 2.21. The van der Waals surface area contributed by atoms with Gasteiger partial charge in [0.1, 0.15) is 0 Å². The summed E-state index contributed by atoms with van der Waals surface area (Å²) in [4.78, 5) is 15.0. The summed E-state index contributed by atoms with van der Waals surface area (Å²) in [5.74, 6) is -0.0644. The number of rotatable bonds is 4. The summed E-state index contributed by atoms with van der Waals surface area (Å²) >= 11 is 0. The number of pyridine rings is 1. The Balaban J connectivity index is 2.06. The molecule has 3 aromatic heterocycles. The maximum Gasteiger partial charge on any atom is 0.353 e. The molecular weight excluding hydrogens is 262 g/mol. The third-order valence-electron chi connectivity index (χ3n) is 2.85. The number of nitro groups is 1. The van der Waals surface area contributed by atoms with E-state index in [0.717, 1.165) is 0 Å². The molecule has 0 bridgehead atoms. The molecule has 0 atom stereocenters. The van der Waals surface area contributed by atoms with Crippen LogP contribution >= 0.6 is 0 Å². The maximum atomic E-state index is 11.2. The molecule has 2 N–H and O–H groups in total. The third-order valence-corrected chi connectivity index (χ3v) is 2.85. The molecule has 0 aliphatic carbocycles. The molecule has 0 spiro atoms. The van der Waals surface area contributed by atoms with Crippen molar-refractivity contribution in [1.82, 2.24) is 24.4 Å². The molecule has 0 radical (unpaired) electrons. The maximum absolute atomic E-state index is 11.2. The Kier molecular flexibility index (Phi) is 2.88. The molecule has 9 heteroatoms. The summed E-state index contributed by atoms with van der Waals surface area (Å²) in [6.45, 7) is 0.443. The van der Waals surface area contributed by atoms with Crippen molar-refractivity contribution < 1.29 is 4.92 Å². The number of nitrogens with two attached hydrogens (primary N) is 1. The zero-order valence-corrected chi connectivity index (χ0v) is 10.4. The van der Waals surface area contributed by atoms with Gasteiger partial charge < -0.3 is 15.8 Å². The molecule has 0 aromatic carbocycles. The number of aromatic nitrogens is 5. The number of hydrogen-bond donors (Lipinski definition) is 1. The fourth-order valence-electron chi connectivity index (χ4n) is 1.99. The fourth-order valence-corrected chi connectivity index (χ4v) is 1.99. The van der Waals surface area contributed by atoms with Crippen LogP contribution in [0.2, 0.25) is 0 Å². The van der Waals surface area contributed by atoms with Gasteiger partial charge >= 0.3 is 5.82 Å². The smallest absolute Gasteiger partial charge is 0.353 e. The van der Waals surface area contributed by atoms with E-state index in [1.54, 1.807) is 30.6 Å².